The van der Waals surface area contributed by atoms with E-state index in [1.165, 1.54) is 24.3 Å². The third kappa shape index (κ3) is 3.11. The first-order valence-electron chi connectivity index (χ1n) is 6.31. The van der Waals surface area contributed by atoms with E-state index in [9.17, 15) is 14.9 Å². The highest BCUT2D eigenvalue weighted by molar-refractivity contribution is 5.39. The molecule has 0 fully saturated rings. The fourth-order valence-electron chi connectivity index (χ4n) is 1.71. The first kappa shape index (κ1) is 14.0. The molecule has 106 valence electrons. The lowest BCUT2D eigenvalue weighted by Crippen LogP contribution is -2.13. The minimum atomic E-state index is -0.586. The molecule has 0 amide bonds. The summed E-state index contributed by atoms with van der Waals surface area (Å²) in [6, 6.07) is 5.58. The topological polar surface area (TPSA) is 91.2 Å². The van der Waals surface area contributed by atoms with Crippen molar-refractivity contribution >= 4 is 5.69 Å². The summed E-state index contributed by atoms with van der Waals surface area (Å²) in [5.41, 5.74) is 0.408. The normalized spacial score (nSPS) is 10.9. The largest absolute Gasteiger partial charge is 0.441 e. The molecule has 0 aliphatic carbocycles. The van der Waals surface area contributed by atoms with Gasteiger partial charge in [-0.2, -0.15) is 4.68 Å². The number of nitrogens with zero attached hydrogens (tertiary/aromatic N) is 3. The Morgan fingerprint density at radius 1 is 1.35 bits per heavy atom. The number of nitro benzene ring substituents is 1. The number of rotatable bonds is 5. The average molecular weight is 277 g/mol. The molecular weight excluding hydrogens is 262 g/mol. The summed E-state index contributed by atoms with van der Waals surface area (Å²) in [5.74, 6) is 0.282. The van der Waals surface area contributed by atoms with Gasteiger partial charge in [0, 0.05) is 18.6 Å². The summed E-state index contributed by atoms with van der Waals surface area (Å²) < 4.78 is 6.17. The SMILES string of the molecule is CC(C)CCc1nn(-c2ccc([N+](=O)[O-])cc2)c(=O)o1. The zero-order valence-electron chi connectivity index (χ0n) is 11.3. The maximum Gasteiger partial charge on any atom is 0.441 e. The standard InChI is InChI=1S/C13H15N3O4/c1-9(2)3-8-12-14-15(13(17)20-12)10-4-6-11(7-5-10)16(18)19/h4-7,9H,3,8H2,1-2H3. The predicted molar refractivity (Wildman–Crippen MR) is 71.9 cm³/mol. The van der Waals surface area contributed by atoms with Gasteiger partial charge >= 0.3 is 5.76 Å². The molecule has 0 aliphatic rings. The van der Waals surface area contributed by atoms with Crippen molar-refractivity contribution in [1.82, 2.24) is 9.78 Å². The monoisotopic (exact) mass is 277 g/mol. The Morgan fingerprint density at radius 2 is 2.00 bits per heavy atom. The zero-order chi connectivity index (χ0) is 14.7. The van der Waals surface area contributed by atoms with E-state index >= 15 is 0 Å². The van der Waals surface area contributed by atoms with Crippen molar-refractivity contribution in [2.24, 2.45) is 5.92 Å². The fraction of sp³-hybridized carbons (Fsp3) is 0.385. The minimum absolute atomic E-state index is 0.0367. The Kier molecular flexibility index (Phi) is 3.97. The third-order valence-electron chi connectivity index (χ3n) is 2.83. The summed E-state index contributed by atoms with van der Waals surface area (Å²) in [4.78, 5) is 21.8. The van der Waals surface area contributed by atoms with E-state index < -0.39 is 10.7 Å². The Hall–Kier alpha value is -2.44. The van der Waals surface area contributed by atoms with Crippen LogP contribution in [0, 0.1) is 16.0 Å². The molecule has 1 aromatic heterocycles. The van der Waals surface area contributed by atoms with Gasteiger partial charge in [0.1, 0.15) is 0 Å². The number of benzene rings is 1. The molecule has 0 radical (unpaired) electrons. The summed E-state index contributed by atoms with van der Waals surface area (Å²) in [5, 5.41) is 14.7. The van der Waals surface area contributed by atoms with E-state index in [1.54, 1.807) is 0 Å². The maximum absolute atomic E-state index is 11.7. The quantitative estimate of drug-likeness (QED) is 0.617. The van der Waals surface area contributed by atoms with Crippen molar-refractivity contribution < 1.29 is 9.34 Å². The van der Waals surface area contributed by atoms with Crippen molar-refractivity contribution in [2.75, 3.05) is 0 Å². The lowest BCUT2D eigenvalue weighted by atomic mass is 10.1. The van der Waals surface area contributed by atoms with Crippen LogP contribution in [0.4, 0.5) is 5.69 Å². The van der Waals surface area contributed by atoms with Crippen LogP contribution < -0.4 is 5.76 Å². The summed E-state index contributed by atoms with van der Waals surface area (Å²) in [7, 11) is 0. The molecule has 2 aromatic rings. The molecule has 0 N–H and O–H groups in total. The third-order valence-corrected chi connectivity index (χ3v) is 2.83. The Labute approximate surface area is 115 Å². The smallest absolute Gasteiger partial charge is 0.392 e. The molecule has 2 rings (SSSR count). The molecule has 0 saturated carbocycles. The van der Waals surface area contributed by atoms with Crippen LogP contribution in [0.5, 0.6) is 0 Å². The van der Waals surface area contributed by atoms with Crippen molar-refractivity contribution in [3.63, 3.8) is 0 Å². The van der Waals surface area contributed by atoms with Gasteiger partial charge in [-0.1, -0.05) is 13.8 Å². The van der Waals surface area contributed by atoms with Gasteiger partial charge in [0.2, 0.25) is 5.89 Å². The Morgan fingerprint density at radius 3 is 2.55 bits per heavy atom. The van der Waals surface area contributed by atoms with Crippen molar-refractivity contribution in [2.45, 2.75) is 26.7 Å². The zero-order valence-corrected chi connectivity index (χ0v) is 11.3. The Bertz CT molecular complexity index is 655. The van der Waals surface area contributed by atoms with Gasteiger partial charge in [-0.05, 0) is 24.5 Å². The number of aromatic nitrogens is 2. The van der Waals surface area contributed by atoms with Crippen molar-refractivity contribution in [3.05, 3.63) is 50.8 Å². The van der Waals surface area contributed by atoms with Gasteiger partial charge in [-0.15, -0.1) is 5.10 Å². The molecule has 20 heavy (non-hydrogen) atoms. The number of hydrogen-bond donors (Lipinski definition) is 0. The van der Waals surface area contributed by atoms with Crippen molar-refractivity contribution in [1.29, 1.82) is 0 Å². The second kappa shape index (κ2) is 5.68. The van der Waals surface area contributed by atoms with Crippen LogP contribution in [0.3, 0.4) is 0 Å². The van der Waals surface area contributed by atoms with Crippen LogP contribution in [0.1, 0.15) is 26.2 Å². The number of nitro groups is 1. The Balaban J connectivity index is 2.24. The van der Waals surface area contributed by atoms with E-state index in [0.29, 0.717) is 23.9 Å². The summed E-state index contributed by atoms with van der Waals surface area (Å²) in [6.07, 6.45) is 1.47. The molecule has 0 unspecified atom stereocenters. The van der Waals surface area contributed by atoms with E-state index in [-0.39, 0.29) is 5.69 Å². The summed E-state index contributed by atoms with van der Waals surface area (Å²) in [6.45, 7) is 4.15. The maximum atomic E-state index is 11.7. The fourth-order valence-corrected chi connectivity index (χ4v) is 1.71. The lowest BCUT2D eigenvalue weighted by Gasteiger charge is -1.99. The number of hydrogen-bond acceptors (Lipinski definition) is 5. The number of non-ortho nitro benzene ring substituents is 1. The average Bonchev–Trinajstić information content (AvgIpc) is 2.78. The molecule has 0 bridgehead atoms. The van der Waals surface area contributed by atoms with Crippen LogP contribution in [0.25, 0.3) is 5.69 Å². The van der Waals surface area contributed by atoms with Crippen LogP contribution in [0.2, 0.25) is 0 Å². The molecule has 1 aromatic carbocycles. The highest BCUT2D eigenvalue weighted by atomic mass is 16.6. The first-order chi connectivity index (χ1) is 9.47. The second-order valence-electron chi connectivity index (χ2n) is 4.88. The van der Waals surface area contributed by atoms with E-state index in [2.05, 4.69) is 18.9 Å². The van der Waals surface area contributed by atoms with Crippen molar-refractivity contribution in [3.8, 4) is 5.69 Å². The van der Waals surface area contributed by atoms with Gasteiger partial charge in [0.05, 0.1) is 10.6 Å². The number of aryl methyl sites for hydroxylation is 1. The molecular formula is C13H15N3O4. The van der Waals surface area contributed by atoms with Gasteiger partial charge in [-0.25, -0.2) is 4.79 Å². The van der Waals surface area contributed by atoms with Gasteiger partial charge in [-0.3, -0.25) is 10.1 Å². The molecule has 7 heteroatoms. The molecule has 1 heterocycles. The highest BCUT2D eigenvalue weighted by Gasteiger charge is 2.12. The van der Waals surface area contributed by atoms with Crippen LogP contribution in [-0.2, 0) is 6.42 Å². The molecule has 0 saturated heterocycles. The molecule has 0 atom stereocenters. The van der Waals surface area contributed by atoms with Crippen LogP contribution >= 0.6 is 0 Å². The van der Waals surface area contributed by atoms with E-state index in [1.807, 2.05) is 0 Å². The highest BCUT2D eigenvalue weighted by Crippen LogP contribution is 2.14. The van der Waals surface area contributed by atoms with E-state index in [4.69, 9.17) is 4.42 Å². The van der Waals surface area contributed by atoms with Crippen LogP contribution in [-0.4, -0.2) is 14.7 Å². The molecule has 0 aliphatic heterocycles. The summed E-state index contributed by atoms with van der Waals surface area (Å²) >= 11 is 0. The van der Waals surface area contributed by atoms with Gasteiger partial charge < -0.3 is 4.42 Å². The van der Waals surface area contributed by atoms with E-state index in [0.717, 1.165) is 11.1 Å². The van der Waals surface area contributed by atoms with Gasteiger partial charge in [0.25, 0.3) is 5.69 Å². The van der Waals surface area contributed by atoms with Gasteiger partial charge in [0.15, 0.2) is 0 Å². The lowest BCUT2D eigenvalue weighted by molar-refractivity contribution is -0.384. The first-order valence-corrected chi connectivity index (χ1v) is 6.31. The molecule has 7 nitrogen and oxygen atoms in total. The second-order valence-corrected chi connectivity index (χ2v) is 4.88. The molecule has 0 spiro atoms. The van der Waals surface area contributed by atoms with Crippen LogP contribution in [0.15, 0.2) is 33.5 Å². The predicted octanol–water partition coefficient (Wildman–Crippen LogP) is 2.32. The minimum Gasteiger partial charge on any atom is -0.392 e.